The Balaban J connectivity index is 1.89. The van der Waals surface area contributed by atoms with Gasteiger partial charge in [0.05, 0.1) is 32.8 Å². The van der Waals surface area contributed by atoms with Gasteiger partial charge in [-0.05, 0) is 54.0 Å². The Bertz CT molecular complexity index is 1190. The van der Waals surface area contributed by atoms with E-state index in [1.807, 2.05) is 18.4 Å². The van der Waals surface area contributed by atoms with Gasteiger partial charge in [-0.2, -0.15) is 0 Å². The largest absolute Gasteiger partial charge is 0.493 e. The number of aliphatic hydroxyl groups excluding tert-OH is 4. The molecule has 4 rings (SSSR count). The Labute approximate surface area is 219 Å². The normalized spacial score (nSPS) is 27.0. The Morgan fingerprint density at radius 1 is 1.03 bits per heavy atom. The van der Waals surface area contributed by atoms with Crippen molar-refractivity contribution in [1.29, 1.82) is 0 Å². The highest BCUT2D eigenvalue weighted by Crippen LogP contribution is 2.50. The van der Waals surface area contributed by atoms with Crippen LogP contribution in [0.25, 0.3) is 11.1 Å². The Hall–Kier alpha value is -2.38. The third-order valence-electron chi connectivity index (χ3n) is 6.98. The van der Waals surface area contributed by atoms with Crippen LogP contribution >= 0.6 is 11.8 Å². The number of aliphatic hydroxyl groups is 4. The highest BCUT2D eigenvalue weighted by atomic mass is 32.2. The summed E-state index contributed by atoms with van der Waals surface area (Å²) in [5, 5.41) is 44.0. The van der Waals surface area contributed by atoms with Crippen LogP contribution in [0.1, 0.15) is 23.6 Å². The molecular formula is C26H33NO9S. The van der Waals surface area contributed by atoms with E-state index in [4.69, 9.17) is 18.9 Å². The molecule has 0 radical (unpaired) electrons. The zero-order valence-electron chi connectivity index (χ0n) is 21.1. The standard InChI is InChI=1S/C26H33NO9S/c1-33-17-9-12-5-7-15(27-26-23(32)22(31)21(30)18(11-28)36-26)14-10-16(29)19(37-4)8-6-13(14)20(12)25(35-3)24(17)34-2/h6,8-10,15,18,21-23,26-28,30-32H,5,7,11H2,1-4H3. The van der Waals surface area contributed by atoms with Crippen molar-refractivity contribution in [1.82, 2.24) is 5.32 Å². The summed E-state index contributed by atoms with van der Waals surface area (Å²) in [6.45, 7) is -0.538. The van der Waals surface area contributed by atoms with E-state index in [-0.39, 0.29) is 5.43 Å². The molecule has 2 aromatic rings. The Morgan fingerprint density at radius 3 is 2.38 bits per heavy atom. The molecule has 37 heavy (non-hydrogen) atoms. The maximum Gasteiger partial charge on any atom is 0.203 e. The highest BCUT2D eigenvalue weighted by molar-refractivity contribution is 7.98. The molecular weight excluding hydrogens is 502 g/mol. The number of benzene rings is 1. The molecule has 6 unspecified atom stereocenters. The van der Waals surface area contributed by atoms with Crippen molar-refractivity contribution in [3.63, 3.8) is 0 Å². The molecule has 0 saturated carbocycles. The van der Waals surface area contributed by atoms with Gasteiger partial charge in [0.15, 0.2) is 16.9 Å². The fourth-order valence-corrected chi connectivity index (χ4v) is 5.54. The number of thioether (sulfide) groups is 1. The summed E-state index contributed by atoms with van der Waals surface area (Å²) in [6, 6.07) is 6.58. The van der Waals surface area contributed by atoms with Crippen LogP contribution < -0.4 is 25.0 Å². The van der Waals surface area contributed by atoms with Crippen LogP contribution in [0.15, 0.2) is 34.0 Å². The number of methoxy groups -OCH3 is 3. The quantitative estimate of drug-likeness (QED) is 0.321. The van der Waals surface area contributed by atoms with Gasteiger partial charge < -0.3 is 39.4 Å². The number of nitrogens with one attached hydrogen (secondary N) is 1. The molecule has 5 N–H and O–H groups in total. The molecule has 6 atom stereocenters. The van der Waals surface area contributed by atoms with Crippen LogP contribution in [0.4, 0.5) is 0 Å². The van der Waals surface area contributed by atoms with Gasteiger partial charge in [0.1, 0.15) is 30.6 Å². The zero-order chi connectivity index (χ0) is 26.9. The number of hydrogen-bond acceptors (Lipinski definition) is 11. The molecule has 1 aliphatic carbocycles. The van der Waals surface area contributed by atoms with Crippen molar-refractivity contribution >= 4 is 11.8 Å². The SMILES string of the molecule is COc1cc2c(c(OC)c1OC)-c1ccc(SC)c(=O)cc1C(NC1OC(CO)C(O)C(O)C1O)CC2. The van der Waals surface area contributed by atoms with Crippen LogP contribution in [0.2, 0.25) is 0 Å². The second-order valence-corrected chi connectivity index (χ2v) is 9.81. The van der Waals surface area contributed by atoms with Crippen LogP contribution in [0.5, 0.6) is 17.2 Å². The van der Waals surface area contributed by atoms with E-state index in [9.17, 15) is 25.2 Å². The van der Waals surface area contributed by atoms with Crippen molar-refractivity contribution < 1.29 is 39.4 Å². The van der Waals surface area contributed by atoms with E-state index in [0.717, 1.165) is 16.7 Å². The van der Waals surface area contributed by atoms with Crippen molar-refractivity contribution in [2.24, 2.45) is 0 Å². The molecule has 1 saturated heterocycles. The van der Waals surface area contributed by atoms with E-state index in [2.05, 4.69) is 5.32 Å². The zero-order valence-corrected chi connectivity index (χ0v) is 21.9. The lowest BCUT2D eigenvalue weighted by molar-refractivity contribution is -0.238. The van der Waals surface area contributed by atoms with Gasteiger partial charge in [0.2, 0.25) is 5.75 Å². The lowest BCUT2D eigenvalue weighted by atomic mass is 9.94. The van der Waals surface area contributed by atoms with Crippen LogP contribution in [-0.4, -0.2) is 85.3 Å². The summed E-state index contributed by atoms with van der Waals surface area (Å²) in [5.41, 5.74) is 2.88. The monoisotopic (exact) mass is 535 g/mol. The minimum Gasteiger partial charge on any atom is -0.493 e. The topological polar surface area (TPSA) is 147 Å². The van der Waals surface area contributed by atoms with Gasteiger partial charge in [0.25, 0.3) is 0 Å². The molecule has 0 spiro atoms. The number of aryl methyl sites for hydroxylation is 1. The van der Waals surface area contributed by atoms with Crippen molar-refractivity contribution in [2.75, 3.05) is 34.2 Å². The molecule has 2 aromatic carbocycles. The molecule has 1 aliphatic heterocycles. The molecule has 202 valence electrons. The Kier molecular flexibility index (Phi) is 8.64. The first-order valence-corrected chi connectivity index (χ1v) is 13.1. The summed E-state index contributed by atoms with van der Waals surface area (Å²) in [7, 11) is 4.62. The van der Waals surface area contributed by atoms with Crippen molar-refractivity contribution in [3.05, 3.63) is 45.6 Å². The van der Waals surface area contributed by atoms with Gasteiger partial charge in [0, 0.05) is 11.6 Å². The lowest BCUT2D eigenvalue weighted by Crippen LogP contribution is -2.62. The molecule has 0 bridgehead atoms. The number of hydrogen-bond donors (Lipinski definition) is 5. The molecule has 0 amide bonds. The van der Waals surface area contributed by atoms with Crippen LogP contribution in [-0.2, 0) is 11.2 Å². The van der Waals surface area contributed by atoms with Gasteiger partial charge in [-0.25, -0.2) is 0 Å². The summed E-state index contributed by atoms with van der Waals surface area (Å²) < 4.78 is 22.7. The second kappa shape index (κ2) is 11.6. The number of rotatable bonds is 7. The van der Waals surface area contributed by atoms with Crippen molar-refractivity contribution in [2.45, 2.75) is 54.4 Å². The second-order valence-electron chi connectivity index (χ2n) is 8.97. The fourth-order valence-electron chi connectivity index (χ4n) is 5.08. The third kappa shape index (κ3) is 5.05. The first kappa shape index (κ1) is 27.6. The lowest BCUT2D eigenvalue weighted by Gasteiger charge is -2.41. The van der Waals surface area contributed by atoms with E-state index in [1.165, 1.54) is 18.9 Å². The summed E-state index contributed by atoms with van der Waals surface area (Å²) in [6.07, 6.45) is -3.76. The number of fused-ring (bicyclic) bond motifs is 3. The average molecular weight is 536 g/mol. The Morgan fingerprint density at radius 2 is 1.76 bits per heavy atom. The van der Waals surface area contributed by atoms with Crippen LogP contribution in [0, 0.1) is 0 Å². The van der Waals surface area contributed by atoms with Crippen molar-refractivity contribution in [3.8, 4) is 28.4 Å². The molecule has 0 aromatic heterocycles. The fraction of sp³-hybridized carbons (Fsp3) is 0.500. The van der Waals surface area contributed by atoms with Gasteiger partial charge >= 0.3 is 0 Å². The summed E-state index contributed by atoms with van der Waals surface area (Å²) in [5.74, 6) is 1.40. The average Bonchev–Trinajstić information content (AvgIpc) is 3.15. The number of ether oxygens (including phenoxy) is 4. The van der Waals surface area contributed by atoms with Gasteiger partial charge in [-0.1, -0.05) is 6.07 Å². The minimum atomic E-state index is -1.52. The van der Waals surface area contributed by atoms with E-state index < -0.39 is 43.3 Å². The maximum absolute atomic E-state index is 13.1. The summed E-state index contributed by atoms with van der Waals surface area (Å²) in [4.78, 5) is 13.7. The first-order chi connectivity index (χ1) is 17.8. The van der Waals surface area contributed by atoms with Crippen LogP contribution in [0.3, 0.4) is 0 Å². The first-order valence-electron chi connectivity index (χ1n) is 11.9. The molecule has 2 aliphatic rings. The molecule has 1 heterocycles. The highest BCUT2D eigenvalue weighted by Gasteiger charge is 2.44. The van der Waals surface area contributed by atoms with Gasteiger partial charge in [-0.15, -0.1) is 11.8 Å². The smallest absolute Gasteiger partial charge is 0.203 e. The molecule has 10 nitrogen and oxygen atoms in total. The van der Waals surface area contributed by atoms with Gasteiger partial charge in [-0.3, -0.25) is 10.1 Å². The maximum atomic E-state index is 13.1. The summed E-state index contributed by atoms with van der Waals surface area (Å²) >= 11 is 1.34. The predicted molar refractivity (Wildman–Crippen MR) is 138 cm³/mol. The minimum absolute atomic E-state index is 0.169. The van der Waals surface area contributed by atoms with E-state index >= 15 is 0 Å². The third-order valence-corrected chi connectivity index (χ3v) is 7.76. The molecule has 11 heteroatoms. The van der Waals surface area contributed by atoms with E-state index in [1.54, 1.807) is 26.4 Å². The molecule has 1 fully saturated rings. The van der Waals surface area contributed by atoms with E-state index in [0.29, 0.717) is 40.5 Å². The predicted octanol–water partition coefficient (Wildman–Crippen LogP) is 0.838.